The Kier molecular flexibility index (Phi) is 3.88. The van der Waals surface area contributed by atoms with Gasteiger partial charge in [0.1, 0.15) is 0 Å². The van der Waals surface area contributed by atoms with Crippen LogP contribution in [0.4, 0.5) is 0 Å². The van der Waals surface area contributed by atoms with Crippen molar-refractivity contribution in [3.8, 4) is 5.69 Å². The molecular weight excluding hydrogens is 250 g/mol. The zero-order chi connectivity index (χ0) is 13.8. The molecule has 100 valence electrons. The number of aromatic amines is 1. The second-order valence-electron chi connectivity index (χ2n) is 3.70. The minimum atomic E-state index is -1.47. The van der Waals surface area contributed by atoms with Crippen molar-refractivity contribution >= 4 is 0 Å². The summed E-state index contributed by atoms with van der Waals surface area (Å²) in [6, 6.07) is 8.36. The van der Waals surface area contributed by atoms with Gasteiger partial charge < -0.3 is 9.84 Å². The summed E-state index contributed by atoms with van der Waals surface area (Å²) in [5.74, 6) is 0. The number of benzene rings is 1. The van der Waals surface area contributed by atoms with Gasteiger partial charge in [-0.1, -0.05) is 18.2 Å². The summed E-state index contributed by atoms with van der Waals surface area (Å²) in [4.78, 5) is 23.8. The summed E-state index contributed by atoms with van der Waals surface area (Å²) in [5, 5.41) is 15.3. The number of para-hydroxylation sites is 1. The topological polar surface area (TPSA) is 97.2 Å². The predicted octanol–water partition coefficient (Wildman–Crippen LogP) is -0.0518. The van der Waals surface area contributed by atoms with Crippen molar-refractivity contribution in [1.29, 1.82) is 0 Å². The third kappa shape index (κ3) is 2.61. The zero-order valence-corrected chi connectivity index (χ0v) is 10.2. The van der Waals surface area contributed by atoms with Gasteiger partial charge in [-0.15, -0.1) is 0 Å². The lowest BCUT2D eigenvalue weighted by Gasteiger charge is -2.10. The smallest absolute Gasteiger partial charge is 0.349 e. The lowest BCUT2D eigenvalue weighted by atomic mass is 10.3. The largest absolute Gasteiger partial charge is 0.363 e. The average molecular weight is 263 g/mol. The third-order valence-electron chi connectivity index (χ3n) is 2.47. The van der Waals surface area contributed by atoms with Crippen molar-refractivity contribution in [3.63, 3.8) is 0 Å². The second kappa shape index (κ2) is 5.59. The van der Waals surface area contributed by atoms with Gasteiger partial charge in [0.2, 0.25) is 6.29 Å². The van der Waals surface area contributed by atoms with E-state index in [2.05, 4.69) is 10.2 Å². The Balaban J connectivity index is 2.60. The highest BCUT2D eigenvalue weighted by molar-refractivity contribution is 5.31. The Hall–Kier alpha value is -2.25. The van der Waals surface area contributed by atoms with Crippen LogP contribution in [-0.2, 0) is 4.74 Å². The molecule has 0 fully saturated rings. The number of aromatic nitrogens is 3. The molecule has 2 aromatic rings. The van der Waals surface area contributed by atoms with Gasteiger partial charge in [-0.3, -0.25) is 4.79 Å². The van der Waals surface area contributed by atoms with Gasteiger partial charge in [-0.05, 0) is 19.1 Å². The number of hydrogen-bond donors (Lipinski definition) is 2. The Morgan fingerprint density at radius 3 is 2.68 bits per heavy atom. The molecule has 0 radical (unpaired) electrons. The highest BCUT2D eigenvalue weighted by Gasteiger charge is 2.18. The van der Waals surface area contributed by atoms with E-state index in [1.54, 1.807) is 37.3 Å². The maximum Gasteiger partial charge on any atom is 0.349 e. The van der Waals surface area contributed by atoms with Gasteiger partial charge in [0.15, 0.2) is 5.69 Å². The molecule has 2 N–H and O–H groups in total. The third-order valence-corrected chi connectivity index (χ3v) is 2.47. The van der Waals surface area contributed by atoms with Crippen LogP contribution in [0.15, 0.2) is 39.9 Å². The molecule has 0 saturated carbocycles. The summed E-state index contributed by atoms with van der Waals surface area (Å²) in [7, 11) is 0. The number of hydrogen-bond acceptors (Lipinski definition) is 5. The molecule has 0 amide bonds. The van der Waals surface area contributed by atoms with Crippen molar-refractivity contribution in [3.05, 3.63) is 56.9 Å². The van der Waals surface area contributed by atoms with Crippen LogP contribution in [0.3, 0.4) is 0 Å². The van der Waals surface area contributed by atoms with Gasteiger partial charge in [0, 0.05) is 6.61 Å². The van der Waals surface area contributed by atoms with Crippen LogP contribution >= 0.6 is 0 Å². The fraction of sp³-hybridized carbons (Fsp3) is 0.250. The van der Waals surface area contributed by atoms with Crippen molar-refractivity contribution in [2.24, 2.45) is 0 Å². The fourth-order valence-corrected chi connectivity index (χ4v) is 1.62. The Morgan fingerprint density at radius 1 is 1.37 bits per heavy atom. The highest BCUT2D eigenvalue weighted by atomic mass is 16.6. The molecule has 1 aromatic carbocycles. The lowest BCUT2D eigenvalue weighted by molar-refractivity contribution is -0.102. The van der Waals surface area contributed by atoms with Crippen molar-refractivity contribution in [2.75, 3.05) is 6.61 Å². The SMILES string of the molecule is CCOC(O)c1n[nH]c(=O)n(-c2ccccc2)c1=O. The zero-order valence-electron chi connectivity index (χ0n) is 10.2. The Bertz CT molecular complexity index is 663. The maximum atomic E-state index is 12.1. The normalized spacial score (nSPS) is 12.3. The van der Waals surface area contributed by atoms with Crippen LogP contribution in [0.1, 0.15) is 18.9 Å². The molecule has 1 heterocycles. The summed E-state index contributed by atoms with van der Waals surface area (Å²) in [6.45, 7) is 1.89. The molecule has 0 spiro atoms. The molecule has 0 aliphatic heterocycles. The number of ether oxygens (including phenoxy) is 1. The number of aliphatic hydroxyl groups is 1. The first-order chi connectivity index (χ1) is 9.15. The van der Waals surface area contributed by atoms with Gasteiger partial charge in [-0.25, -0.2) is 14.5 Å². The summed E-state index contributed by atoms with van der Waals surface area (Å²) in [6.07, 6.45) is -1.47. The molecule has 0 bridgehead atoms. The van der Waals surface area contributed by atoms with E-state index in [1.165, 1.54) is 0 Å². The van der Waals surface area contributed by atoms with Crippen LogP contribution in [0.25, 0.3) is 5.69 Å². The molecule has 19 heavy (non-hydrogen) atoms. The molecule has 0 aliphatic carbocycles. The van der Waals surface area contributed by atoms with E-state index in [0.717, 1.165) is 4.57 Å². The van der Waals surface area contributed by atoms with E-state index in [0.29, 0.717) is 5.69 Å². The van der Waals surface area contributed by atoms with Crippen LogP contribution in [0.5, 0.6) is 0 Å². The molecule has 0 aliphatic rings. The van der Waals surface area contributed by atoms with E-state index in [1.807, 2.05) is 0 Å². The summed E-state index contributed by atoms with van der Waals surface area (Å²) >= 11 is 0. The molecule has 2 rings (SSSR count). The number of nitrogens with zero attached hydrogens (tertiary/aromatic N) is 2. The van der Waals surface area contributed by atoms with E-state index in [-0.39, 0.29) is 12.3 Å². The van der Waals surface area contributed by atoms with E-state index >= 15 is 0 Å². The fourth-order valence-electron chi connectivity index (χ4n) is 1.62. The molecule has 1 unspecified atom stereocenters. The standard InChI is InChI=1S/C12H13N3O4/c1-2-19-11(17)9-10(16)15(12(18)14-13-9)8-6-4-3-5-7-8/h3-7,11,17H,2H2,1H3,(H,14,18). The van der Waals surface area contributed by atoms with E-state index in [9.17, 15) is 14.7 Å². The van der Waals surface area contributed by atoms with Crippen LogP contribution in [0.2, 0.25) is 0 Å². The van der Waals surface area contributed by atoms with Crippen molar-refractivity contribution < 1.29 is 9.84 Å². The summed E-state index contributed by atoms with van der Waals surface area (Å²) < 4.78 is 5.79. The Morgan fingerprint density at radius 2 is 2.05 bits per heavy atom. The first-order valence-electron chi connectivity index (χ1n) is 5.72. The Labute approximate surface area is 108 Å². The van der Waals surface area contributed by atoms with Crippen molar-refractivity contribution in [2.45, 2.75) is 13.2 Å². The maximum absolute atomic E-state index is 12.1. The average Bonchev–Trinajstić information content (AvgIpc) is 2.40. The molecule has 7 nitrogen and oxygen atoms in total. The first kappa shape index (κ1) is 13.2. The number of aliphatic hydroxyl groups excluding tert-OH is 1. The molecular formula is C12H13N3O4. The number of nitrogens with one attached hydrogen (secondary N) is 1. The summed E-state index contributed by atoms with van der Waals surface area (Å²) in [5.41, 5.74) is -1.26. The lowest BCUT2D eigenvalue weighted by Crippen LogP contribution is -2.38. The number of rotatable bonds is 4. The number of H-pyrrole nitrogens is 1. The minimum absolute atomic E-state index is 0.215. The van der Waals surface area contributed by atoms with Crippen LogP contribution in [-0.4, -0.2) is 26.5 Å². The van der Waals surface area contributed by atoms with E-state index in [4.69, 9.17) is 4.74 Å². The van der Waals surface area contributed by atoms with Gasteiger partial charge >= 0.3 is 5.69 Å². The molecule has 7 heteroatoms. The van der Waals surface area contributed by atoms with Gasteiger partial charge in [0.05, 0.1) is 5.69 Å². The second-order valence-corrected chi connectivity index (χ2v) is 3.70. The monoisotopic (exact) mass is 263 g/mol. The quantitative estimate of drug-likeness (QED) is 0.754. The highest BCUT2D eigenvalue weighted by Crippen LogP contribution is 2.06. The molecule has 1 aromatic heterocycles. The minimum Gasteiger partial charge on any atom is -0.363 e. The van der Waals surface area contributed by atoms with Crippen molar-refractivity contribution in [1.82, 2.24) is 14.8 Å². The van der Waals surface area contributed by atoms with Crippen LogP contribution in [0, 0.1) is 0 Å². The molecule has 1 atom stereocenters. The molecule has 0 saturated heterocycles. The van der Waals surface area contributed by atoms with Gasteiger partial charge in [-0.2, -0.15) is 5.10 Å². The predicted molar refractivity (Wildman–Crippen MR) is 67.0 cm³/mol. The van der Waals surface area contributed by atoms with Crippen LogP contribution < -0.4 is 11.2 Å². The van der Waals surface area contributed by atoms with Gasteiger partial charge in [0.25, 0.3) is 5.56 Å². The first-order valence-corrected chi connectivity index (χ1v) is 5.72. The van der Waals surface area contributed by atoms with E-state index < -0.39 is 17.5 Å².